The van der Waals surface area contributed by atoms with Crippen LogP contribution in [-0.2, 0) is 11.2 Å². The van der Waals surface area contributed by atoms with Crippen molar-refractivity contribution in [2.75, 3.05) is 13.2 Å². The fraction of sp³-hybridized carbons (Fsp3) is 0.316. The zero-order valence-electron chi connectivity index (χ0n) is 13.0. The van der Waals surface area contributed by atoms with Crippen molar-refractivity contribution in [3.8, 4) is 5.75 Å². The minimum atomic E-state index is 0.0865. The number of carbonyl (C=O) groups excluding carboxylic acids is 1. The Kier molecular flexibility index (Phi) is 6.49. The first-order valence-corrected chi connectivity index (χ1v) is 7.74. The number of nitrogens with one attached hydrogen (secondary N) is 1. The van der Waals surface area contributed by atoms with Crippen LogP contribution >= 0.6 is 0 Å². The Hall–Kier alpha value is -2.29. The van der Waals surface area contributed by atoms with Gasteiger partial charge < -0.3 is 10.1 Å². The molecule has 0 radical (unpaired) electrons. The largest absolute Gasteiger partial charge is 0.494 e. The van der Waals surface area contributed by atoms with Crippen molar-refractivity contribution in [3.63, 3.8) is 0 Å². The molecule has 1 amide bonds. The van der Waals surface area contributed by atoms with Crippen LogP contribution in [0.3, 0.4) is 0 Å². The fourth-order valence-electron chi connectivity index (χ4n) is 2.14. The van der Waals surface area contributed by atoms with Crippen molar-refractivity contribution in [1.29, 1.82) is 0 Å². The number of rotatable bonds is 8. The van der Waals surface area contributed by atoms with Crippen LogP contribution in [0, 0.1) is 6.92 Å². The highest BCUT2D eigenvalue weighted by Gasteiger charge is 2.01. The molecule has 0 atom stereocenters. The normalized spacial score (nSPS) is 10.2. The summed E-state index contributed by atoms with van der Waals surface area (Å²) in [6.07, 6.45) is 2.10. The Morgan fingerprint density at radius 1 is 1.05 bits per heavy atom. The minimum Gasteiger partial charge on any atom is -0.494 e. The highest BCUT2D eigenvalue weighted by atomic mass is 16.5. The van der Waals surface area contributed by atoms with Gasteiger partial charge in [0.25, 0.3) is 0 Å². The molecular weight excluding hydrogens is 274 g/mol. The van der Waals surface area contributed by atoms with E-state index < -0.39 is 0 Å². The van der Waals surface area contributed by atoms with Gasteiger partial charge in [-0.15, -0.1) is 0 Å². The van der Waals surface area contributed by atoms with Crippen molar-refractivity contribution in [1.82, 2.24) is 5.32 Å². The Morgan fingerprint density at radius 3 is 2.50 bits per heavy atom. The SMILES string of the molecule is Cc1ccc(OCCCC(=O)NCCc2ccccc2)cc1. The highest BCUT2D eigenvalue weighted by molar-refractivity contribution is 5.75. The second-order valence-electron chi connectivity index (χ2n) is 5.35. The predicted molar refractivity (Wildman–Crippen MR) is 89.1 cm³/mol. The molecule has 0 heterocycles. The monoisotopic (exact) mass is 297 g/mol. The average molecular weight is 297 g/mol. The lowest BCUT2D eigenvalue weighted by molar-refractivity contribution is -0.121. The van der Waals surface area contributed by atoms with E-state index in [1.807, 2.05) is 49.4 Å². The quantitative estimate of drug-likeness (QED) is 0.757. The average Bonchev–Trinajstić information content (AvgIpc) is 2.54. The molecule has 0 bridgehead atoms. The van der Waals surface area contributed by atoms with E-state index >= 15 is 0 Å². The third-order valence-electron chi connectivity index (χ3n) is 3.42. The fourth-order valence-corrected chi connectivity index (χ4v) is 2.14. The molecule has 0 aliphatic rings. The standard InChI is InChI=1S/C19H23NO2/c1-16-9-11-18(12-10-16)22-15-5-8-19(21)20-14-13-17-6-3-2-4-7-17/h2-4,6-7,9-12H,5,8,13-15H2,1H3,(H,20,21). The van der Waals surface area contributed by atoms with Crippen LogP contribution in [0.5, 0.6) is 5.75 Å². The van der Waals surface area contributed by atoms with Gasteiger partial charge in [-0.3, -0.25) is 4.79 Å². The maximum atomic E-state index is 11.7. The van der Waals surface area contributed by atoms with Crippen molar-refractivity contribution in [3.05, 3.63) is 65.7 Å². The number of amides is 1. The molecule has 0 unspecified atom stereocenters. The summed E-state index contributed by atoms with van der Waals surface area (Å²) in [4.78, 5) is 11.7. The van der Waals surface area contributed by atoms with Crippen molar-refractivity contribution in [2.45, 2.75) is 26.2 Å². The molecule has 2 rings (SSSR count). The molecule has 3 nitrogen and oxygen atoms in total. The zero-order chi connectivity index (χ0) is 15.6. The van der Waals surface area contributed by atoms with E-state index in [9.17, 15) is 4.79 Å². The summed E-state index contributed by atoms with van der Waals surface area (Å²) in [6, 6.07) is 18.1. The van der Waals surface area contributed by atoms with Gasteiger partial charge in [0.15, 0.2) is 0 Å². The number of hydrogen-bond donors (Lipinski definition) is 1. The van der Waals surface area contributed by atoms with Crippen LogP contribution in [0.25, 0.3) is 0 Å². The van der Waals surface area contributed by atoms with Gasteiger partial charge in [0.2, 0.25) is 5.91 Å². The first kappa shape index (κ1) is 16.1. The number of ether oxygens (including phenoxy) is 1. The molecule has 2 aromatic carbocycles. The number of benzene rings is 2. The maximum Gasteiger partial charge on any atom is 0.220 e. The molecule has 22 heavy (non-hydrogen) atoms. The molecule has 0 aliphatic heterocycles. The smallest absolute Gasteiger partial charge is 0.220 e. The summed E-state index contributed by atoms with van der Waals surface area (Å²) in [5, 5.41) is 2.94. The molecule has 0 fully saturated rings. The Balaban J connectivity index is 1.55. The van der Waals surface area contributed by atoms with Gasteiger partial charge in [0.1, 0.15) is 5.75 Å². The summed E-state index contributed by atoms with van der Waals surface area (Å²) in [5.74, 6) is 0.943. The lowest BCUT2D eigenvalue weighted by atomic mass is 10.1. The van der Waals surface area contributed by atoms with E-state index in [0.29, 0.717) is 19.6 Å². The third-order valence-corrected chi connectivity index (χ3v) is 3.42. The van der Waals surface area contributed by atoms with Crippen molar-refractivity contribution >= 4 is 5.91 Å². The molecule has 1 N–H and O–H groups in total. The first-order valence-electron chi connectivity index (χ1n) is 7.74. The summed E-state index contributed by atoms with van der Waals surface area (Å²) >= 11 is 0. The second kappa shape index (κ2) is 8.88. The molecule has 3 heteroatoms. The number of aryl methyl sites for hydroxylation is 1. The van der Waals surface area contributed by atoms with Crippen LogP contribution < -0.4 is 10.1 Å². The van der Waals surface area contributed by atoms with Crippen LogP contribution in [-0.4, -0.2) is 19.1 Å². The molecule has 0 spiro atoms. The lowest BCUT2D eigenvalue weighted by Crippen LogP contribution is -2.25. The Bertz CT molecular complexity index is 564. The van der Waals surface area contributed by atoms with Crippen LogP contribution in [0.2, 0.25) is 0 Å². The molecule has 0 saturated heterocycles. The minimum absolute atomic E-state index is 0.0865. The van der Waals surface area contributed by atoms with E-state index in [1.165, 1.54) is 11.1 Å². The van der Waals surface area contributed by atoms with Gasteiger partial charge in [-0.2, -0.15) is 0 Å². The molecule has 0 aliphatic carbocycles. The Morgan fingerprint density at radius 2 is 1.77 bits per heavy atom. The van der Waals surface area contributed by atoms with E-state index in [-0.39, 0.29) is 5.91 Å². The van der Waals surface area contributed by atoms with Crippen LogP contribution in [0.15, 0.2) is 54.6 Å². The predicted octanol–water partition coefficient (Wildman–Crippen LogP) is 3.51. The molecule has 0 aromatic heterocycles. The van der Waals surface area contributed by atoms with E-state index in [4.69, 9.17) is 4.74 Å². The summed E-state index contributed by atoms with van der Waals surface area (Å²) in [5.41, 5.74) is 2.45. The van der Waals surface area contributed by atoms with Gasteiger partial charge in [-0.05, 0) is 37.5 Å². The van der Waals surface area contributed by atoms with Gasteiger partial charge in [0.05, 0.1) is 6.61 Å². The molecule has 116 valence electrons. The van der Waals surface area contributed by atoms with Crippen LogP contribution in [0.4, 0.5) is 0 Å². The van der Waals surface area contributed by atoms with Gasteiger partial charge in [-0.1, -0.05) is 48.0 Å². The topological polar surface area (TPSA) is 38.3 Å². The van der Waals surface area contributed by atoms with E-state index in [0.717, 1.165) is 18.6 Å². The molecule has 2 aromatic rings. The summed E-state index contributed by atoms with van der Waals surface area (Å²) in [7, 11) is 0. The Labute approximate surface area is 132 Å². The summed E-state index contributed by atoms with van der Waals surface area (Å²) < 4.78 is 5.61. The van der Waals surface area contributed by atoms with Crippen molar-refractivity contribution < 1.29 is 9.53 Å². The number of carbonyl (C=O) groups is 1. The van der Waals surface area contributed by atoms with Gasteiger partial charge in [0, 0.05) is 13.0 Å². The second-order valence-corrected chi connectivity index (χ2v) is 5.35. The maximum absolute atomic E-state index is 11.7. The molecule has 0 saturated carbocycles. The van der Waals surface area contributed by atoms with Gasteiger partial charge >= 0.3 is 0 Å². The third kappa shape index (κ3) is 6.00. The van der Waals surface area contributed by atoms with Gasteiger partial charge in [-0.25, -0.2) is 0 Å². The zero-order valence-corrected chi connectivity index (χ0v) is 13.0. The highest BCUT2D eigenvalue weighted by Crippen LogP contribution is 2.11. The lowest BCUT2D eigenvalue weighted by Gasteiger charge is -2.07. The summed E-state index contributed by atoms with van der Waals surface area (Å²) in [6.45, 7) is 3.29. The number of hydrogen-bond acceptors (Lipinski definition) is 2. The van der Waals surface area contributed by atoms with Crippen LogP contribution in [0.1, 0.15) is 24.0 Å². The van der Waals surface area contributed by atoms with Crippen molar-refractivity contribution in [2.24, 2.45) is 0 Å². The van der Waals surface area contributed by atoms with E-state index in [1.54, 1.807) is 0 Å². The molecular formula is C19H23NO2. The first-order chi connectivity index (χ1) is 10.7. The van der Waals surface area contributed by atoms with E-state index in [2.05, 4.69) is 17.4 Å².